The van der Waals surface area contributed by atoms with Crippen LogP contribution in [0.5, 0.6) is 0 Å². The van der Waals surface area contributed by atoms with E-state index in [0.29, 0.717) is 18.6 Å². The van der Waals surface area contributed by atoms with Gasteiger partial charge in [-0.1, -0.05) is 6.92 Å². The molecule has 0 aromatic carbocycles. The van der Waals surface area contributed by atoms with Crippen LogP contribution >= 0.6 is 0 Å². The monoisotopic (exact) mass is 466 g/mol. The number of aliphatic carboxylic acids is 1. The highest BCUT2D eigenvalue weighted by atomic mass is 16.7. The van der Waals surface area contributed by atoms with Crippen LogP contribution in [0.25, 0.3) is 0 Å². The number of rotatable bonds is 7. The van der Waals surface area contributed by atoms with Crippen molar-refractivity contribution in [3.05, 3.63) is 24.3 Å². The van der Waals surface area contributed by atoms with Crippen molar-refractivity contribution in [2.45, 2.75) is 56.4 Å². The minimum Gasteiger partial charge on any atom is -0.478 e. The molecule has 11 nitrogen and oxygen atoms in total. The van der Waals surface area contributed by atoms with E-state index < -0.39 is 48.3 Å². The first kappa shape index (κ1) is 23.4. The molecule has 3 heterocycles. The predicted molar refractivity (Wildman–Crippen MR) is 107 cm³/mol. The first-order valence-electron chi connectivity index (χ1n) is 10.9. The molecule has 0 aromatic heterocycles. The fourth-order valence-corrected chi connectivity index (χ4v) is 4.81. The van der Waals surface area contributed by atoms with Gasteiger partial charge in [0, 0.05) is 30.2 Å². The molecular weight excluding hydrogens is 440 g/mol. The Kier molecular flexibility index (Phi) is 7.11. The summed E-state index contributed by atoms with van der Waals surface area (Å²) in [7, 11) is 0. The van der Waals surface area contributed by atoms with E-state index in [1.54, 1.807) is 0 Å². The lowest BCUT2D eigenvalue weighted by Gasteiger charge is -2.17. The van der Waals surface area contributed by atoms with Crippen LogP contribution in [-0.4, -0.2) is 85.4 Å². The normalized spacial score (nSPS) is 37.2. The van der Waals surface area contributed by atoms with Gasteiger partial charge in [-0.3, -0.25) is 0 Å². The van der Waals surface area contributed by atoms with E-state index in [9.17, 15) is 19.2 Å². The third-order valence-corrected chi connectivity index (χ3v) is 6.35. The topological polar surface area (TPSA) is 144 Å². The van der Waals surface area contributed by atoms with Crippen molar-refractivity contribution >= 4 is 23.9 Å². The van der Waals surface area contributed by atoms with Crippen LogP contribution in [0.1, 0.15) is 19.8 Å². The van der Waals surface area contributed by atoms with Crippen molar-refractivity contribution in [2.75, 3.05) is 19.8 Å². The zero-order valence-electron chi connectivity index (χ0n) is 18.0. The van der Waals surface area contributed by atoms with Gasteiger partial charge < -0.3 is 33.5 Å². The molecule has 0 aromatic rings. The van der Waals surface area contributed by atoms with E-state index in [4.69, 9.17) is 33.5 Å². The van der Waals surface area contributed by atoms with Crippen LogP contribution in [0, 0.1) is 11.8 Å². The summed E-state index contributed by atoms with van der Waals surface area (Å²) >= 11 is 0. The fourth-order valence-electron chi connectivity index (χ4n) is 4.81. The molecule has 180 valence electrons. The fraction of sp³-hybridized carbons (Fsp3) is 0.636. The molecule has 0 spiro atoms. The van der Waals surface area contributed by atoms with Crippen molar-refractivity contribution in [1.82, 2.24) is 0 Å². The van der Waals surface area contributed by atoms with E-state index >= 15 is 0 Å². The number of ether oxygens (including phenoxy) is 6. The van der Waals surface area contributed by atoms with E-state index in [2.05, 4.69) is 6.92 Å². The van der Waals surface area contributed by atoms with Gasteiger partial charge in [-0.15, -0.1) is 0 Å². The van der Waals surface area contributed by atoms with Crippen LogP contribution in [0.2, 0.25) is 0 Å². The molecule has 1 saturated carbocycles. The molecule has 0 radical (unpaired) electrons. The van der Waals surface area contributed by atoms with Gasteiger partial charge in [0.2, 0.25) is 0 Å². The highest BCUT2D eigenvalue weighted by Crippen LogP contribution is 2.41. The van der Waals surface area contributed by atoms with Crippen molar-refractivity contribution < 1.29 is 52.7 Å². The number of carboxylic acid groups (broad SMARTS) is 1. The van der Waals surface area contributed by atoms with Crippen molar-refractivity contribution in [3.8, 4) is 0 Å². The van der Waals surface area contributed by atoms with Gasteiger partial charge >= 0.3 is 23.9 Å². The Morgan fingerprint density at radius 2 is 1.15 bits per heavy atom. The summed E-state index contributed by atoms with van der Waals surface area (Å²) < 4.78 is 32.7. The molecule has 4 aliphatic rings. The molecule has 4 rings (SSSR count). The third kappa shape index (κ3) is 5.43. The second kappa shape index (κ2) is 10.0. The Balaban J connectivity index is 1.22. The molecule has 0 amide bonds. The summed E-state index contributed by atoms with van der Waals surface area (Å²) in [5.74, 6) is -2.88. The number of esters is 3. The lowest BCUT2D eigenvalue weighted by atomic mass is 10.00. The summed E-state index contributed by atoms with van der Waals surface area (Å²) in [4.78, 5) is 46.4. The summed E-state index contributed by atoms with van der Waals surface area (Å²) in [6.07, 6.45) is 2.47. The lowest BCUT2D eigenvalue weighted by Crippen LogP contribution is -2.35. The van der Waals surface area contributed by atoms with Gasteiger partial charge in [-0.2, -0.15) is 0 Å². The smallest absolute Gasteiger partial charge is 0.331 e. The van der Waals surface area contributed by atoms with Crippen molar-refractivity contribution in [3.63, 3.8) is 0 Å². The second-order valence-electron chi connectivity index (χ2n) is 8.54. The van der Waals surface area contributed by atoms with Gasteiger partial charge in [0.15, 0.2) is 12.2 Å². The highest BCUT2D eigenvalue weighted by molar-refractivity contribution is 5.92. The summed E-state index contributed by atoms with van der Waals surface area (Å²) in [6, 6.07) is 0. The average molecular weight is 466 g/mol. The maximum absolute atomic E-state index is 12.2. The highest BCUT2D eigenvalue weighted by Gasteiger charge is 2.51. The van der Waals surface area contributed by atoms with Gasteiger partial charge in [0.1, 0.15) is 18.3 Å². The van der Waals surface area contributed by atoms with Crippen LogP contribution in [0.15, 0.2) is 24.3 Å². The standard InChI is InChI=1S/C22H26O11/c1-11-2-3-12-13(8-28-20(11)12)31-18(26)6-7-19(27)33-15-10-30-21-14(9-29-22(15)21)32-17(25)5-4-16(23)24/h4-7,11-15,20-22H,2-3,8-10H2,1H3,(H,23,24)/b5-4-,7-6-/t11-,12-,13+,14-,15-,20-,21-,22-/m1/s1. The Morgan fingerprint density at radius 1 is 0.697 bits per heavy atom. The molecule has 1 aliphatic carbocycles. The number of carboxylic acids is 1. The largest absolute Gasteiger partial charge is 0.478 e. The quantitative estimate of drug-likeness (QED) is 0.311. The lowest BCUT2D eigenvalue weighted by molar-refractivity contribution is -0.150. The average Bonchev–Trinajstić information content (AvgIpc) is 3.52. The molecule has 3 aliphatic heterocycles. The predicted octanol–water partition coefficient (Wildman–Crippen LogP) is 0.161. The summed E-state index contributed by atoms with van der Waals surface area (Å²) in [5.41, 5.74) is 0. The molecule has 11 heteroatoms. The van der Waals surface area contributed by atoms with Gasteiger partial charge in [0.25, 0.3) is 0 Å². The second-order valence-corrected chi connectivity index (χ2v) is 8.54. The number of hydrogen-bond acceptors (Lipinski definition) is 10. The van der Waals surface area contributed by atoms with Crippen molar-refractivity contribution in [2.24, 2.45) is 11.8 Å². The molecule has 33 heavy (non-hydrogen) atoms. The van der Waals surface area contributed by atoms with Crippen LogP contribution in [0.3, 0.4) is 0 Å². The number of fused-ring (bicyclic) bond motifs is 2. The molecule has 8 atom stereocenters. The van der Waals surface area contributed by atoms with Gasteiger partial charge in [0.05, 0.1) is 25.9 Å². The minimum absolute atomic E-state index is 0.0163. The molecule has 4 fully saturated rings. The number of carbonyl (C=O) groups excluding carboxylic acids is 3. The Bertz CT molecular complexity index is 849. The molecule has 1 N–H and O–H groups in total. The Labute approximate surface area is 189 Å². The molecule has 0 bridgehead atoms. The zero-order chi connectivity index (χ0) is 23.5. The maximum Gasteiger partial charge on any atom is 0.331 e. The van der Waals surface area contributed by atoms with Crippen LogP contribution < -0.4 is 0 Å². The first-order valence-corrected chi connectivity index (χ1v) is 10.9. The molecule has 3 saturated heterocycles. The van der Waals surface area contributed by atoms with E-state index in [0.717, 1.165) is 31.1 Å². The zero-order valence-corrected chi connectivity index (χ0v) is 18.0. The third-order valence-electron chi connectivity index (χ3n) is 6.35. The summed E-state index contributed by atoms with van der Waals surface area (Å²) in [5, 5.41) is 8.55. The number of carbonyl (C=O) groups is 4. The Hall–Kier alpha value is -2.76. The van der Waals surface area contributed by atoms with Crippen molar-refractivity contribution in [1.29, 1.82) is 0 Å². The van der Waals surface area contributed by atoms with Crippen LogP contribution in [0.4, 0.5) is 0 Å². The molecular formula is C22H26O11. The minimum atomic E-state index is -1.28. The SMILES string of the molecule is C[C@@H]1CC[C@H]2[C@@H]1OC[C@@H]2OC(=O)/C=C\C(=O)O[C@@H]1CO[C@H]2[C@@H]1OC[C@H]2OC(=O)/C=C\C(=O)O. The Morgan fingerprint density at radius 3 is 1.70 bits per heavy atom. The van der Waals surface area contributed by atoms with Gasteiger partial charge in [-0.25, -0.2) is 19.2 Å². The number of hydrogen-bond donors (Lipinski definition) is 1. The molecule has 0 unspecified atom stereocenters. The van der Waals surface area contributed by atoms with Gasteiger partial charge in [-0.05, 0) is 18.8 Å². The first-order chi connectivity index (χ1) is 15.8. The summed E-state index contributed by atoms with van der Waals surface area (Å²) in [6.45, 7) is 2.53. The van der Waals surface area contributed by atoms with E-state index in [1.807, 2.05) is 0 Å². The van der Waals surface area contributed by atoms with E-state index in [1.165, 1.54) is 0 Å². The maximum atomic E-state index is 12.2. The van der Waals surface area contributed by atoms with E-state index in [-0.39, 0.29) is 31.3 Å². The van der Waals surface area contributed by atoms with Crippen LogP contribution in [-0.2, 0) is 47.6 Å².